The van der Waals surface area contributed by atoms with Crippen LogP contribution in [0.15, 0.2) is 115 Å². The molecule has 2 amide bonds. The molecule has 4 aromatic carbocycles. The summed E-state index contributed by atoms with van der Waals surface area (Å²) in [6, 6.07) is 31.0. The second-order valence-corrected chi connectivity index (χ2v) is 14.9. The number of benzene rings is 4. The molecule has 8 atom stereocenters. The Labute approximate surface area is 329 Å². The van der Waals surface area contributed by atoms with E-state index in [1.54, 1.807) is 12.1 Å². The number of fused-ring (bicyclic) bond motifs is 4. The molecule has 5 N–H and O–H groups in total. The summed E-state index contributed by atoms with van der Waals surface area (Å²) in [7, 11) is 0. The highest BCUT2D eigenvalue weighted by Gasteiger charge is 2.76. The normalized spacial score (nSPS) is 27.0. The first-order valence-electron chi connectivity index (χ1n) is 19.1. The summed E-state index contributed by atoms with van der Waals surface area (Å²) in [6.45, 7) is 1.05. The van der Waals surface area contributed by atoms with Crippen molar-refractivity contribution in [3.05, 3.63) is 143 Å². The molecule has 13 heteroatoms. The first-order valence-corrected chi connectivity index (χ1v) is 19.1. The minimum Gasteiger partial charge on any atom is -0.508 e. The lowest BCUT2D eigenvalue weighted by Crippen LogP contribution is -2.71. The number of amides is 2. The lowest BCUT2D eigenvalue weighted by atomic mass is 9.62. The maximum Gasteiger partial charge on any atom is 0.327 e. The van der Waals surface area contributed by atoms with Crippen molar-refractivity contribution in [2.24, 2.45) is 5.41 Å². The van der Waals surface area contributed by atoms with Crippen LogP contribution in [0.5, 0.6) is 5.75 Å². The number of aromatic hydroxyl groups is 1. The first-order chi connectivity index (χ1) is 27.6. The highest BCUT2D eigenvalue weighted by molar-refractivity contribution is 5.96. The van der Waals surface area contributed by atoms with E-state index in [0.29, 0.717) is 17.5 Å². The number of phenolic OH excluding ortho intramolecular Hbond substituents is 1. The fourth-order valence-corrected chi connectivity index (χ4v) is 8.58. The van der Waals surface area contributed by atoms with E-state index >= 15 is 0 Å². The number of ether oxygens (including phenoxy) is 3. The number of rotatable bonds is 13. The number of hydrogen-bond donors (Lipinski definition) is 5. The third kappa shape index (κ3) is 7.00. The number of phenols is 1. The number of aliphatic hydroxyl groups is 2. The Morgan fingerprint density at radius 1 is 0.912 bits per heavy atom. The summed E-state index contributed by atoms with van der Waals surface area (Å²) in [5.41, 5.74) is 2.27. The van der Waals surface area contributed by atoms with E-state index in [2.05, 4.69) is 10.6 Å². The van der Waals surface area contributed by atoms with Gasteiger partial charge in [-0.1, -0.05) is 115 Å². The highest BCUT2D eigenvalue weighted by atomic mass is 16.8. The fourth-order valence-electron chi connectivity index (χ4n) is 8.58. The van der Waals surface area contributed by atoms with Crippen LogP contribution in [0.25, 0.3) is 6.08 Å². The van der Waals surface area contributed by atoms with Crippen LogP contribution in [-0.2, 0) is 52.2 Å². The van der Waals surface area contributed by atoms with E-state index in [0.717, 1.165) is 16.7 Å². The highest BCUT2D eigenvalue weighted by Crippen LogP contribution is 2.59. The Morgan fingerprint density at radius 2 is 1.56 bits per heavy atom. The van der Waals surface area contributed by atoms with Gasteiger partial charge in [0, 0.05) is 24.1 Å². The topological polar surface area (TPSA) is 176 Å². The molecule has 8 unspecified atom stereocenters. The molecule has 4 fully saturated rings. The van der Waals surface area contributed by atoms with E-state index < -0.39 is 71.6 Å². The second-order valence-electron chi connectivity index (χ2n) is 14.9. The minimum atomic E-state index is -1.63. The van der Waals surface area contributed by atoms with Crippen LogP contribution in [-0.4, -0.2) is 93.9 Å². The van der Waals surface area contributed by atoms with Gasteiger partial charge in [-0.05, 0) is 36.1 Å². The van der Waals surface area contributed by atoms with Crippen molar-refractivity contribution in [3.63, 3.8) is 0 Å². The minimum absolute atomic E-state index is 0.00785. The number of nitrogens with one attached hydrogen (secondary N) is 2. The molecule has 1 aliphatic carbocycles. The van der Waals surface area contributed by atoms with Crippen LogP contribution in [0.2, 0.25) is 0 Å². The average Bonchev–Trinajstić information content (AvgIpc) is 3.81. The van der Waals surface area contributed by atoms with E-state index in [9.17, 15) is 29.7 Å². The summed E-state index contributed by atoms with van der Waals surface area (Å²) < 4.78 is 20.1. The smallest absolute Gasteiger partial charge is 0.327 e. The van der Waals surface area contributed by atoms with E-state index in [1.807, 2.05) is 109 Å². The predicted octanol–water partition coefficient (Wildman–Crippen LogP) is 3.11. The summed E-state index contributed by atoms with van der Waals surface area (Å²) in [5, 5.41) is 36.8. The lowest BCUT2D eigenvalue weighted by Gasteiger charge is -2.49. The maximum atomic E-state index is 14.9. The number of hydrogen-bond acceptors (Lipinski definition) is 11. The van der Waals surface area contributed by atoms with Crippen molar-refractivity contribution in [1.29, 1.82) is 0 Å². The molecule has 4 aliphatic rings. The van der Waals surface area contributed by atoms with Crippen LogP contribution in [0.4, 0.5) is 0 Å². The molecule has 57 heavy (non-hydrogen) atoms. The first kappa shape index (κ1) is 38.5. The molecule has 13 nitrogen and oxygen atoms in total. The van der Waals surface area contributed by atoms with Gasteiger partial charge in [-0.15, -0.1) is 0 Å². The van der Waals surface area contributed by atoms with Gasteiger partial charge in [0.05, 0.1) is 19.3 Å². The van der Waals surface area contributed by atoms with Crippen LogP contribution in [0.3, 0.4) is 0 Å². The van der Waals surface area contributed by atoms with Gasteiger partial charge >= 0.3 is 5.97 Å². The number of carbonyl (C=O) groups is 3. The second kappa shape index (κ2) is 15.9. The van der Waals surface area contributed by atoms with Gasteiger partial charge < -0.3 is 40.2 Å². The van der Waals surface area contributed by atoms with Gasteiger partial charge in [0.15, 0.2) is 6.04 Å². The molecule has 4 aromatic rings. The molecule has 3 saturated heterocycles. The molecule has 0 spiro atoms. The maximum absolute atomic E-state index is 14.9. The molecule has 0 radical (unpaired) electrons. The van der Waals surface area contributed by atoms with Gasteiger partial charge in [-0.25, -0.2) is 0 Å². The summed E-state index contributed by atoms with van der Waals surface area (Å²) in [6.07, 6.45) is -0.638. The zero-order valence-electron chi connectivity index (χ0n) is 31.3. The zero-order valence-corrected chi connectivity index (χ0v) is 31.3. The van der Waals surface area contributed by atoms with Crippen molar-refractivity contribution in [2.75, 3.05) is 13.2 Å². The van der Waals surface area contributed by atoms with Gasteiger partial charge in [0.25, 0.3) is 0 Å². The summed E-state index contributed by atoms with van der Waals surface area (Å²) >= 11 is 0. The average molecular weight is 776 g/mol. The monoisotopic (exact) mass is 775 g/mol. The number of hydroxylamine groups is 2. The van der Waals surface area contributed by atoms with E-state index in [1.165, 1.54) is 12.0 Å². The van der Waals surface area contributed by atoms with Gasteiger partial charge in [0.1, 0.15) is 41.6 Å². The van der Waals surface area contributed by atoms with Crippen molar-refractivity contribution in [1.82, 2.24) is 15.7 Å². The molecule has 1 saturated carbocycles. The third-order valence-corrected chi connectivity index (χ3v) is 11.3. The molecule has 3 heterocycles. The van der Waals surface area contributed by atoms with E-state index in [4.69, 9.17) is 19.0 Å². The Kier molecular flexibility index (Phi) is 10.7. The number of carbonyl (C=O) groups excluding carboxylic acids is 3. The third-order valence-electron chi connectivity index (χ3n) is 11.3. The quantitative estimate of drug-likeness (QED) is 0.126. The molecular formula is C44H45N3O10. The number of nitrogens with zero attached hydrogens (tertiary/aromatic N) is 1. The zero-order chi connectivity index (χ0) is 39.7. The molecule has 3 aliphatic heterocycles. The summed E-state index contributed by atoms with van der Waals surface area (Å²) in [4.78, 5) is 49.1. The molecule has 8 rings (SSSR count). The van der Waals surface area contributed by atoms with Gasteiger partial charge in [0.2, 0.25) is 17.6 Å². The summed E-state index contributed by atoms with van der Waals surface area (Å²) in [5.74, 6) is -3.28. The lowest BCUT2D eigenvalue weighted by molar-refractivity contribution is -0.213. The molecule has 296 valence electrons. The van der Waals surface area contributed by atoms with Crippen LogP contribution >= 0.6 is 0 Å². The Balaban J connectivity index is 1.14. The number of para-hydroxylation sites is 1. The van der Waals surface area contributed by atoms with Crippen molar-refractivity contribution in [3.8, 4) is 5.75 Å². The van der Waals surface area contributed by atoms with Gasteiger partial charge in [-0.3, -0.25) is 19.2 Å². The number of esters is 1. The Hall–Kier alpha value is -5.41. The Bertz CT molecular complexity index is 2070. The fraction of sp³-hybridized carbons (Fsp3) is 0.341. The van der Waals surface area contributed by atoms with Crippen LogP contribution < -0.4 is 10.6 Å². The predicted molar refractivity (Wildman–Crippen MR) is 206 cm³/mol. The van der Waals surface area contributed by atoms with Crippen molar-refractivity contribution in [2.45, 2.75) is 74.7 Å². The SMILES string of the molecule is CC(O)C(NC(=O)C12CC3OC(=O)C1N(Cc1ccc(C=CCc4ccccc4O)cc1)OC2C1OC(c2ccccc2)(c2ccccc2)OC31)C(=O)NCCO. The molecule has 0 aromatic heterocycles. The van der Waals surface area contributed by atoms with Crippen molar-refractivity contribution >= 4 is 23.9 Å². The standard InChI is InChI=1S/C44H45N3O10/c1-27(49)35(40(51)45-23-24-48)46-42(53)43-25-34-36-37(56-44(55-36,31-14-4-2-5-15-31)32-16-6-3-7-17-32)39(43)57-47(38(43)41(52)54-34)26-29-21-19-28(20-22-29)11-10-13-30-12-8-9-18-33(30)50/h2-12,14-22,27,34-39,48-50H,13,23-26H2,1H3,(H,45,51)(H,46,53). The van der Waals surface area contributed by atoms with Crippen LogP contribution in [0, 0.1) is 5.41 Å². The van der Waals surface area contributed by atoms with Gasteiger partial charge in [-0.2, -0.15) is 5.06 Å². The van der Waals surface area contributed by atoms with E-state index in [-0.39, 0.29) is 31.9 Å². The largest absolute Gasteiger partial charge is 0.508 e. The van der Waals surface area contributed by atoms with Crippen LogP contribution in [0.1, 0.15) is 41.2 Å². The molecular weight excluding hydrogens is 730 g/mol. The Morgan fingerprint density at radius 3 is 2.21 bits per heavy atom. The molecule has 2 bridgehead atoms. The number of allylic oxidation sites excluding steroid dienone is 1. The van der Waals surface area contributed by atoms with Crippen molar-refractivity contribution < 1.29 is 48.8 Å². The number of aliphatic hydroxyl groups excluding tert-OH is 2.